The number of hydrogen-bond donors (Lipinski definition) is 0. The molecule has 0 aliphatic carbocycles. The molecule has 1 aliphatic heterocycles. The van der Waals surface area contributed by atoms with Gasteiger partial charge in [-0.05, 0) is 0 Å². The molecule has 0 N–H and O–H groups in total. The number of halogens is 10. The Morgan fingerprint density at radius 3 is 0.705 bits per heavy atom. The van der Waals surface area contributed by atoms with Crippen molar-refractivity contribution in [3.8, 4) is 24.3 Å². The molecule has 2 aromatic carbocycles. The molecule has 0 fully saturated rings. The van der Waals surface area contributed by atoms with Crippen LogP contribution in [0, 0.1) is 103 Å². The minimum Gasteiger partial charge on any atom is -0.267 e. The number of benzene rings is 2. The predicted molar refractivity (Wildman–Crippen MR) is 119 cm³/mol. The first-order valence-electron chi connectivity index (χ1n) is 10.9. The Hall–Kier alpha value is -6.54. The zero-order valence-electron chi connectivity index (χ0n) is 20.3. The molecule has 5 rings (SSSR count). The number of nitriles is 4. The first kappa shape index (κ1) is 29.0. The predicted octanol–water partition coefficient (Wildman–Crippen LogP) is 5.40. The molecule has 1 aliphatic rings. The lowest BCUT2D eigenvalue weighted by Gasteiger charge is -2.37. The maximum atomic E-state index is 15.2. The van der Waals surface area contributed by atoms with E-state index >= 15 is 17.6 Å². The molecular weight excluding hydrogens is 618 g/mol. The smallest absolute Gasteiger partial charge is 0.200 e. The summed E-state index contributed by atoms with van der Waals surface area (Å²) in [6.45, 7) is 0. The Morgan fingerprint density at radius 2 is 0.523 bits per heavy atom. The molecule has 3 heterocycles. The van der Waals surface area contributed by atoms with Gasteiger partial charge in [0.1, 0.15) is 35.7 Å². The molecule has 2 aromatic heterocycles. The zero-order chi connectivity index (χ0) is 32.4. The van der Waals surface area contributed by atoms with Gasteiger partial charge in [0.25, 0.3) is 0 Å². The van der Waals surface area contributed by atoms with Gasteiger partial charge in [-0.15, -0.1) is 0 Å². The van der Waals surface area contributed by atoms with Crippen molar-refractivity contribution in [1.29, 1.82) is 21.0 Å². The third kappa shape index (κ3) is 3.79. The van der Waals surface area contributed by atoms with Crippen LogP contribution in [-0.4, -0.2) is 19.9 Å². The number of hydrogen-bond acceptors (Lipinski definition) is 10. The standard InChI is InChI=1S/C24F10N10/c25-9-11(27)15(31)19(16(32)12(9)28)43-21-22(40-6(2-36)5(1-35)39-21)44(20-17(33)13(29)10(26)14(30)18(20)34)24-23(43)41-7(3-37)8(4-38)42-24. The van der Waals surface area contributed by atoms with Gasteiger partial charge >= 0.3 is 0 Å². The van der Waals surface area contributed by atoms with E-state index in [9.17, 15) is 47.4 Å². The molecule has 0 amide bonds. The Bertz CT molecular complexity index is 1870. The van der Waals surface area contributed by atoms with Crippen LogP contribution in [0.5, 0.6) is 0 Å². The molecule has 0 saturated heterocycles. The molecule has 0 atom stereocenters. The number of anilines is 6. The van der Waals surface area contributed by atoms with E-state index in [1.165, 1.54) is 24.3 Å². The lowest BCUT2D eigenvalue weighted by atomic mass is 10.1. The molecule has 0 unspecified atom stereocenters. The average molecular weight is 618 g/mol. The highest BCUT2D eigenvalue weighted by Gasteiger charge is 2.44. The second-order valence-electron chi connectivity index (χ2n) is 8.09. The fourth-order valence-corrected chi connectivity index (χ4v) is 3.95. The number of rotatable bonds is 2. The van der Waals surface area contributed by atoms with Crippen LogP contribution in [0.2, 0.25) is 0 Å². The Morgan fingerprint density at radius 1 is 0.341 bits per heavy atom. The minimum atomic E-state index is -2.66. The highest BCUT2D eigenvalue weighted by atomic mass is 19.2. The van der Waals surface area contributed by atoms with Crippen LogP contribution < -0.4 is 9.80 Å². The average Bonchev–Trinajstić information content (AvgIpc) is 3.03. The van der Waals surface area contributed by atoms with Crippen LogP contribution in [0.15, 0.2) is 0 Å². The topological polar surface area (TPSA) is 153 Å². The molecule has 10 nitrogen and oxygen atoms in total. The van der Waals surface area contributed by atoms with Crippen molar-refractivity contribution in [2.75, 3.05) is 9.80 Å². The van der Waals surface area contributed by atoms with Crippen molar-refractivity contribution in [3.05, 3.63) is 80.9 Å². The fourth-order valence-electron chi connectivity index (χ4n) is 3.95. The highest BCUT2D eigenvalue weighted by Crippen LogP contribution is 2.54. The second-order valence-corrected chi connectivity index (χ2v) is 8.09. The first-order chi connectivity index (χ1) is 20.8. The lowest BCUT2D eigenvalue weighted by Crippen LogP contribution is -2.32. The normalized spacial score (nSPS) is 11.7. The molecular formula is C24F10N10. The Balaban J connectivity index is 2.08. The van der Waals surface area contributed by atoms with Crippen LogP contribution in [0.1, 0.15) is 22.8 Å². The van der Waals surface area contributed by atoms with Gasteiger partial charge in [0.2, 0.25) is 11.6 Å². The molecule has 0 radical (unpaired) electrons. The summed E-state index contributed by atoms with van der Waals surface area (Å²) < 4.78 is 146. The third-order valence-corrected chi connectivity index (χ3v) is 5.81. The first-order valence-corrected chi connectivity index (χ1v) is 10.9. The van der Waals surface area contributed by atoms with E-state index in [4.69, 9.17) is 0 Å². The van der Waals surface area contributed by atoms with Gasteiger partial charge in [0.15, 0.2) is 92.6 Å². The maximum absolute atomic E-state index is 15.2. The van der Waals surface area contributed by atoms with Crippen LogP contribution in [-0.2, 0) is 0 Å². The van der Waals surface area contributed by atoms with E-state index in [1.54, 1.807) is 0 Å². The molecule has 44 heavy (non-hydrogen) atoms. The summed E-state index contributed by atoms with van der Waals surface area (Å²) in [6, 6.07) is 5.25. The molecule has 0 spiro atoms. The lowest BCUT2D eigenvalue weighted by molar-refractivity contribution is 0.379. The van der Waals surface area contributed by atoms with E-state index in [0.717, 1.165) is 0 Å². The van der Waals surface area contributed by atoms with E-state index in [1.807, 2.05) is 0 Å². The Labute approximate surface area is 235 Å². The van der Waals surface area contributed by atoms with E-state index < -0.39 is 116 Å². The summed E-state index contributed by atoms with van der Waals surface area (Å²) in [4.78, 5) is 14.0. The van der Waals surface area contributed by atoms with E-state index in [0.29, 0.717) is 0 Å². The van der Waals surface area contributed by atoms with Crippen molar-refractivity contribution in [1.82, 2.24) is 19.9 Å². The summed E-state index contributed by atoms with van der Waals surface area (Å²) in [6.07, 6.45) is 0. The van der Waals surface area contributed by atoms with Crippen molar-refractivity contribution >= 4 is 34.6 Å². The highest BCUT2D eigenvalue weighted by molar-refractivity contribution is 5.96. The number of nitrogens with zero attached hydrogens (tertiary/aromatic N) is 10. The molecule has 0 bridgehead atoms. The van der Waals surface area contributed by atoms with Crippen LogP contribution in [0.4, 0.5) is 78.6 Å². The summed E-state index contributed by atoms with van der Waals surface area (Å²) in [7, 11) is 0. The molecule has 20 heteroatoms. The summed E-state index contributed by atoms with van der Waals surface area (Å²) >= 11 is 0. The van der Waals surface area contributed by atoms with Crippen molar-refractivity contribution < 1.29 is 43.9 Å². The van der Waals surface area contributed by atoms with Crippen molar-refractivity contribution in [2.24, 2.45) is 0 Å². The van der Waals surface area contributed by atoms with Gasteiger partial charge in [-0.2, -0.15) is 21.0 Å². The van der Waals surface area contributed by atoms with Crippen molar-refractivity contribution in [3.63, 3.8) is 0 Å². The van der Waals surface area contributed by atoms with Gasteiger partial charge in [0.05, 0.1) is 0 Å². The van der Waals surface area contributed by atoms with Crippen LogP contribution >= 0.6 is 0 Å². The van der Waals surface area contributed by atoms with Crippen LogP contribution in [0.3, 0.4) is 0 Å². The Kier molecular flexibility index (Phi) is 6.63. The minimum absolute atomic E-state index is 0.131. The molecule has 0 saturated carbocycles. The third-order valence-electron chi connectivity index (χ3n) is 5.81. The van der Waals surface area contributed by atoms with E-state index in [2.05, 4.69) is 19.9 Å². The monoisotopic (exact) mass is 618 g/mol. The van der Waals surface area contributed by atoms with Crippen molar-refractivity contribution in [2.45, 2.75) is 0 Å². The maximum Gasteiger partial charge on any atom is 0.200 e. The molecule has 4 aromatic rings. The quantitative estimate of drug-likeness (QED) is 0.143. The zero-order valence-corrected chi connectivity index (χ0v) is 20.3. The summed E-state index contributed by atoms with van der Waals surface area (Å²) in [5.41, 5.74) is -8.09. The number of aromatic nitrogens is 4. The van der Waals surface area contributed by atoms with Gasteiger partial charge in [0, 0.05) is 0 Å². The largest absolute Gasteiger partial charge is 0.267 e. The van der Waals surface area contributed by atoms with Gasteiger partial charge in [-0.3, -0.25) is 9.80 Å². The summed E-state index contributed by atoms with van der Waals surface area (Å²) in [5, 5.41) is 37.8. The van der Waals surface area contributed by atoms with E-state index in [-0.39, 0.29) is 9.80 Å². The second kappa shape index (κ2) is 10.1. The SMILES string of the molecule is N#Cc1nc2c(nc1C#N)N(c1c(F)c(F)c(F)c(F)c1F)c1nc(C#N)c(C#N)nc1N2c1c(F)c(F)c(F)c(F)c1F. The fraction of sp³-hybridized carbons (Fsp3) is 0. The molecule has 216 valence electrons. The summed E-state index contributed by atoms with van der Waals surface area (Å²) in [5.74, 6) is -31.4. The van der Waals surface area contributed by atoms with Gasteiger partial charge < -0.3 is 0 Å². The van der Waals surface area contributed by atoms with Gasteiger partial charge in [-0.1, -0.05) is 0 Å². The number of fused-ring (bicyclic) bond motifs is 2. The van der Waals surface area contributed by atoms with Gasteiger partial charge in [-0.25, -0.2) is 63.8 Å². The van der Waals surface area contributed by atoms with Crippen LogP contribution in [0.25, 0.3) is 0 Å².